The van der Waals surface area contributed by atoms with E-state index in [1.807, 2.05) is 0 Å². The van der Waals surface area contributed by atoms with E-state index in [4.69, 9.17) is 13.0 Å². The molecule has 0 saturated carbocycles. The second-order valence-electron chi connectivity index (χ2n) is 4.76. The summed E-state index contributed by atoms with van der Waals surface area (Å²) in [6.07, 6.45) is 0. The Morgan fingerprint density at radius 2 is 1.64 bits per heavy atom. The standard InChI is InChI=1S/C12H18NS.CHF3O3S/c1-2-13(8-10-14-11-9-13)12-6-4-3-5-7-12;2-1(3,4)8(5,6)7/h3-7H,2,8-11H2,1H3;(H,5,6,7)/q+1;/p-1. The highest BCUT2D eigenvalue weighted by molar-refractivity contribution is 7.99. The van der Waals surface area contributed by atoms with Crippen LogP contribution in [0.3, 0.4) is 0 Å². The lowest BCUT2D eigenvalue weighted by atomic mass is 10.2. The van der Waals surface area contributed by atoms with E-state index in [-0.39, 0.29) is 0 Å². The maximum atomic E-state index is 10.7. The summed E-state index contributed by atoms with van der Waals surface area (Å²) in [5, 5.41) is 0. The number of quaternary nitrogens is 1. The van der Waals surface area contributed by atoms with Gasteiger partial charge >= 0.3 is 5.51 Å². The minimum absolute atomic E-state index is 1.19. The highest BCUT2D eigenvalue weighted by Crippen LogP contribution is 2.27. The molecule has 0 unspecified atom stereocenters. The lowest BCUT2D eigenvalue weighted by Gasteiger charge is -2.39. The Morgan fingerprint density at radius 3 is 2.00 bits per heavy atom. The number of hydrogen-bond acceptors (Lipinski definition) is 4. The van der Waals surface area contributed by atoms with Crippen LogP contribution < -0.4 is 4.48 Å². The highest BCUT2D eigenvalue weighted by atomic mass is 32.2. The van der Waals surface area contributed by atoms with E-state index in [0.717, 1.165) is 0 Å². The van der Waals surface area contributed by atoms with Gasteiger partial charge in [0.25, 0.3) is 0 Å². The number of rotatable bonds is 2. The fourth-order valence-electron chi connectivity index (χ4n) is 2.19. The van der Waals surface area contributed by atoms with Gasteiger partial charge in [0.05, 0.1) is 19.6 Å². The van der Waals surface area contributed by atoms with Gasteiger partial charge < -0.3 is 4.55 Å². The molecule has 22 heavy (non-hydrogen) atoms. The van der Waals surface area contributed by atoms with Gasteiger partial charge in [-0.1, -0.05) is 18.2 Å². The van der Waals surface area contributed by atoms with Crippen LogP contribution in [0.5, 0.6) is 0 Å². The first-order chi connectivity index (χ1) is 10.1. The summed E-state index contributed by atoms with van der Waals surface area (Å²) < 4.78 is 60.1. The van der Waals surface area contributed by atoms with Crippen LogP contribution in [0.2, 0.25) is 0 Å². The van der Waals surface area contributed by atoms with Crippen LogP contribution in [0.15, 0.2) is 30.3 Å². The third kappa shape index (κ3) is 5.15. The summed E-state index contributed by atoms with van der Waals surface area (Å²) in [6, 6.07) is 11.0. The molecule has 0 amide bonds. The molecule has 1 aromatic carbocycles. The van der Waals surface area contributed by atoms with Crippen LogP contribution in [-0.4, -0.2) is 49.6 Å². The molecular formula is C13H18F3NO3S2. The topological polar surface area (TPSA) is 57.2 Å². The predicted octanol–water partition coefficient (Wildman–Crippen LogP) is 2.81. The molecule has 0 aliphatic carbocycles. The van der Waals surface area contributed by atoms with Crippen LogP contribution in [0, 0.1) is 0 Å². The van der Waals surface area contributed by atoms with E-state index in [1.54, 1.807) is 0 Å². The average molecular weight is 357 g/mol. The number of para-hydroxylation sites is 1. The van der Waals surface area contributed by atoms with Crippen molar-refractivity contribution >= 4 is 27.6 Å². The third-order valence-corrected chi connectivity index (χ3v) is 5.03. The Balaban J connectivity index is 0.000000261. The van der Waals surface area contributed by atoms with Gasteiger partial charge in [-0.15, -0.1) is 0 Å². The normalized spacial score (nSPS) is 18.2. The van der Waals surface area contributed by atoms with Crippen LogP contribution in [0.4, 0.5) is 18.9 Å². The molecule has 1 saturated heterocycles. The van der Waals surface area contributed by atoms with E-state index in [0.29, 0.717) is 0 Å². The molecule has 1 aromatic rings. The van der Waals surface area contributed by atoms with Crippen molar-refractivity contribution in [2.75, 3.05) is 31.1 Å². The third-order valence-electron chi connectivity index (χ3n) is 3.52. The molecule has 126 valence electrons. The first-order valence-corrected chi connectivity index (χ1v) is 9.20. The van der Waals surface area contributed by atoms with Gasteiger partial charge in [0.1, 0.15) is 5.69 Å². The Kier molecular flexibility index (Phi) is 6.72. The number of thioether (sulfide) groups is 1. The van der Waals surface area contributed by atoms with Gasteiger partial charge in [-0.05, 0) is 19.1 Å². The monoisotopic (exact) mass is 357 g/mol. The molecule has 0 radical (unpaired) electrons. The second kappa shape index (κ2) is 7.67. The van der Waals surface area contributed by atoms with E-state index >= 15 is 0 Å². The van der Waals surface area contributed by atoms with Crippen molar-refractivity contribution in [3.8, 4) is 0 Å². The maximum Gasteiger partial charge on any atom is 0.485 e. The number of halogens is 3. The zero-order chi connectivity index (χ0) is 16.9. The van der Waals surface area contributed by atoms with Crippen LogP contribution >= 0.6 is 11.8 Å². The van der Waals surface area contributed by atoms with Crippen molar-refractivity contribution in [2.45, 2.75) is 12.4 Å². The molecular weight excluding hydrogens is 339 g/mol. The Morgan fingerprint density at radius 1 is 1.18 bits per heavy atom. The van der Waals surface area contributed by atoms with Crippen molar-refractivity contribution in [1.82, 2.24) is 4.48 Å². The average Bonchev–Trinajstić information content (AvgIpc) is 2.47. The molecule has 0 spiro atoms. The minimum atomic E-state index is -6.09. The molecule has 1 heterocycles. The Bertz CT molecular complexity index is 556. The van der Waals surface area contributed by atoms with Crippen molar-refractivity contribution in [3.63, 3.8) is 0 Å². The Labute approximate surface area is 132 Å². The van der Waals surface area contributed by atoms with Gasteiger partial charge in [-0.3, -0.25) is 4.48 Å². The molecule has 1 aliphatic heterocycles. The summed E-state index contributed by atoms with van der Waals surface area (Å²) in [4.78, 5) is 0. The smallest absolute Gasteiger partial charge is 0.485 e. The number of alkyl halides is 3. The molecule has 0 N–H and O–H groups in total. The molecule has 4 nitrogen and oxygen atoms in total. The fourth-order valence-corrected chi connectivity index (χ4v) is 3.35. The van der Waals surface area contributed by atoms with Crippen molar-refractivity contribution in [1.29, 1.82) is 0 Å². The van der Waals surface area contributed by atoms with Gasteiger partial charge in [0.2, 0.25) is 0 Å². The van der Waals surface area contributed by atoms with Crippen molar-refractivity contribution < 1.29 is 26.1 Å². The molecule has 0 aromatic heterocycles. The van der Waals surface area contributed by atoms with Gasteiger partial charge in [0.15, 0.2) is 10.1 Å². The van der Waals surface area contributed by atoms with Crippen molar-refractivity contribution in [3.05, 3.63) is 30.3 Å². The van der Waals surface area contributed by atoms with Gasteiger partial charge in [0, 0.05) is 11.5 Å². The number of benzene rings is 1. The fraction of sp³-hybridized carbons (Fsp3) is 0.538. The molecule has 9 heteroatoms. The molecule has 1 fully saturated rings. The predicted molar refractivity (Wildman–Crippen MR) is 81.6 cm³/mol. The maximum absolute atomic E-state index is 10.7. The molecule has 2 rings (SSSR count). The minimum Gasteiger partial charge on any atom is -0.741 e. The first-order valence-electron chi connectivity index (χ1n) is 6.64. The summed E-state index contributed by atoms with van der Waals surface area (Å²) in [7, 11) is -6.09. The Hall–Kier alpha value is -0.770. The second-order valence-corrected chi connectivity index (χ2v) is 7.35. The molecule has 1 aliphatic rings. The lowest BCUT2D eigenvalue weighted by Crippen LogP contribution is -2.54. The van der Waals surface area contributed by atoms with E-state index in [1.165, 1.54) is 41.3 Å². The van der Waals surface area contributed by atoms with E-state index in [2.05, 4.69) is 49.0 Å². The first kappa shape index (κ1) is 19.3. The largest absolute Gasteiger partial charge is 0.741 e. The summed E-state index contributed by atoms with van der Waals surface area (Å²) >= 11 is 2.09. The zero-order valence-electron chi connectivity index (χ0n) is 12.0. The quantitative estimate of drug-likeness (QED) is 0.464. The summed E-state index contributed by atoms with van der Waals surface area (Å²) in [6.45, 7) is 6.13. The molecule has 0 bridgehead atoms. The van der Waals surface area contributed by atoms with Gasteiger partial charge in [-0.2, -0.15) is 24.9 Å². The zero-order valence-corrected chi connectivity index (χ0v) is 13.7. The van der Waals surface area contributed by atoms with Crippen LogP contribution in [0.25, 0.3) is 0 Å². The summed E-state index contributed by atoms with van der Waals surface area (Å²) in [5.74, 6) is 2.62. The van der Waals surface area contributed by atoms with E-state index in [9.17, 15) is 13.2 Å². The SMILES string of the molecule is CC[N+]1(c2ccccc2)CCSCC1.O=S(=O)([O-])C(F)(F)F. The highest BCUT2D eigenvalue weighted by Gasteiger charge is 2.37. The lowest BCUT2D eigenvalue weighted by molar-refractivity contribution is -0.0517. The van der Waals surface area contributed by atoms with Gasteiger partial charge in [-0.25, -0.2) is 8.42 Å². The summed E-state index contributed by atoms with van der Waals surface area (Å²) in [5.41, 5.74) is -4.15. The van der Waals surface area contributed by atoms with Crippen LogP contribution in [0.1, 0.15) is 6.92 Å². The molecule has 0 atom stereocenters. The van der Waals surface area contributed by atoms with Crippen molar-refractivity contribution in [2.24, 2.45) is 0 Å². The number of hydrogen-bond donors (Lipinski definition) is 0. The van der Waals surface area contributed by atoms with E-state index < -0.39 is 15.6 Å². The van der Waals surface area contributed by atoms with Crippen LogP contribution in [-0.2, 0) is 10.1 Å². The number of nitrogens with zero attached hydrogens (tertiary/aromatic N) is 1.